The maximum absolute atomic E-state index is 11.9. The molecule has 0 radical (unpaired) electrons. The van der Waals surface area contributed by atoms with Crippen LogP contribution in [0.25, 0.3) is 0 Å². The minimum Gasteiger partial charge on any atom is -0.462 e. The number of nitrogens with zero attached hydrogens (tertiary/aromatic N) is 1. The van der Waals surface area contributed by atoms with Crippen LogP contribution >= 0.6 is 11.6 Å². The summed E-state index contributed by atoms with van der Waals surface area (Å²) >= 11 is 5.95. The first-order valence-electron chi connectivity index (χ1n) is 6.80. The van der Waals surface area contributed by atoms with Crippen LogP contribution in [0.15, 0.2) is 12.3 Å². The smallest absolute Gasteiger partial charge is 0.339 e. The summed E-state index contributed by atoms with van der Waals surface area (Å²) in [6.45, 7) is 2.36. The van der Waals surface area contributed by atoms with Crippen molar-refractivity contribution in [1.29, 1.82) is 0 Å². The molecule has 0 aliphatic rings. The second-order valence-electron chi connectivity index (χ2n) is 4.55. The van der Waals surface area contributed by atoms with Gasteiger partial charge >= 0.3 is 5.97 Å². The Morgan fingerprint density at radius 3 is 2.61 bits per heavy atom. The monoisotopic (exact) mass is 363 g/mol. The van der Waals surface area contributed by atoms with Crippen LogP contribution < -0.4 is 10.0 Å². The van der Waals surface area contributed by atoms with Gasteiger partial charge in [-0.2, -0.15) is 0 Å². The van der Waals surface area contributed by atoms with Gasteiger partial charge in [-0.1, -0.05) is 11.6 Å². The predicted octanol–water partition coefficient (Wildman–Crippen LogP) is 0.581. The van der Waals surface area contributed by atoms with Crippen LogP contribution in [0.3, 0.4) is 0 Å². The van der Waals surface area contributed by atoms with E-state index in [1.807, 2.05) is 0 Å². The van der Waals surface area contributed by atoms with E-state index >= 15 is 0 Å². The summed E-state index contributed by atoms with van der Waals surface area (Å²) in [5.74, 6) is -1.08. The normalized spacial score (nSPS) is 11.1. The second kappa shape index (κ2) is 8.80. The van der Waals surface area contributed by atoms with Crippen molar-refractivity contribution in [3.05, 3.63) is 28.5 Å². The van der Waals surface area contributed by atoms with Crippen molar-refractivity contribution in [1.82, 2.24) is 15.0 Å². The molecular weight excluding hydrogens is 346 g/mol. The van der Waals surface area contributed by atoms with Gasteiger partial charge in [-0.25, -0.2) is 22.9 Å². The molecule has 2 N–H and O–H groups in total. The van der Waals surface area contributed by atoms with E-state index in [1.54, 1.807) is 6.92 Å². The van der Waals surface area contributed by atoms with E-state index in [9.17, 15) is 18.0 Å². The molecule has 0 saturated carbocycles. The highest BCUT2D eigenvalue weighted by Crippen LogP contribution is 2.16. The van der Waals surface area contributed by atoms with E-state index in [0.29, 0.717) is 6.42 Å². The molecule has 0 unspecified atom stereocenters. The molecule has 10 heteroatoms. The largest absolute Gasteiger partial charge is 0.462 e. The number of nitrogens with one attached hydrogen (secondary N) is 2. The van der Waals surface area contributed by atoms with Crippen molar-refractivity contribution in [2.45, 2.75) is 13.3 Å². The van der Waals surface area contributed by atoms with Crippen molar-refractivity contribution in [3.8, 4) is 0 Å². The quantitative estimate of drug-likeness (QED) is 0.515. The Kier molecular flexibility index (Phi) is 7.40. The molecule has 0 saturated heterocycles. The van der Waals surface area contributed by atoms with Gasteiger partial charge in [0.1, 0.15) is 5.69 Å². The van der Waals surface area contributed by atoms with Crippen LogP contribution in [0.1, 0.15) is 34.2 Å². The molecule has 0 bridgehead atoms. The summed E-state index contributed by atoms with van der Waals surface area (Å²) in [5.41, 5.74) is 0.140. The summed E-state index contributed by atoms with van der Waals surface area (Å²) in [5, 5.41) is 2.59. The van der Waals surface area contributed by atoms with Crippen LogP contribution in [0.2, 0.25) is 5.02 Å². The summed E-state index contributed by atoms with van der Waals surface area (Å²) in [7, 11) is -3.24. The number of ether oxygens (including phenoxy) is 1. The third-order valence-electron chi connectivity index (χ3n) is 2.57. The third-order valence-corrected chi connectivity index (χ3v) is 3.59. The second-order valence-corrected chi connectivity index (χ2v) is 6.79. The first-order valence-corrected chi connectivity index (χ1v) is 9.07. The van der Waals surface area contributed by atoms with E-state index in [2.05, 4.69) is 15.0 Å². The lowest BCUT2D eigenvalue weighted by molar-refractivity contribution is 0.0525. The van der Waals surface area contributed by atoms with Gasteiger partial charge in [0.25, 0.3) is 5.91 Å². The van der Waals surface area contributed by atoms with Crippen molar-refractivity contribution >= 4 is 33.5 Å². The maximum Gasteiger partial charge on any atom is 0.339 e. The number of esters is 1. The summed E-state index contributed by atoms with van der Waals surface area (Å²) in [4.78, 5) is 27.3. The Labute approximate surface area is 139 Å². The number of sulfonamides is 1. The van der Waals surface area contributed by atoms with Gasteiger partial charge in [-0.15, -0.1) is 0 Å². The Morgan fingerprint density at radius 2 is 2.04 bits per heavy atom. The fourth-order valence-electron chi connectivity index (χ4n) is 1.56. The number of aromatic nitrogens is 1. The lowest BCUT2D eigenvalue weighted by Crippen LogP contribution is -2.30. The molecule has 1 rings (SSSR count). The SMILES string of the molecule is CCOC(=O)c1cnc(C(=O)NCCCNS(C)(=O)=O)c(Cl)c1. The molecule has 8 nitrogen and oxygen atoms in total. The number of amides is 1. The van der Waals surface area contributed by atoms with E-state index in [-0.39, 0.29) is 36.0 Å². The zero-order valence-corrected chi connectivity index (χ0v) is 14.3. The summed E-state index contributed by atoms with van der Waals surface area (Å²) in [6, 6.07) is 1.31. The Morgan fingerprint density at radius 1 is 1.35 bits per heavy atom. The highest BCUT2D eigenvalue weighted by Gasteiger charge is 2.15. The molecule has 1 aromatic rings. The lowest BCUT2D eigenvalue weighted by Gasteiger charge is -2.07. The van der Waals surface area contributed by atoms with Crippen molar-refractivity contribution < 1.29 is 22.7 Å². The van der Waals surface area contributed by atoms with E-state index in [1.165, 1.54) is 12.3 Å². The molecule has 0 aliphatic carbocycles. The van der Waals surface area contributed by atoms with Gasteiger partial charge in [0.05, 0.1) is 23.4 Å². The van der Waals surface area contributed by atoms with Crippen molar-refractivity contribution in [2.24, 2.45) is 0 Å². The van der Waals surface area contributed by atoms with Crippen LogP contribution in [-0.2, 0) is 14.8 Å². The minimum atomic E-state index is -3.24. The van der Waals surface area contributed by atoms with E-state index < -0.39 is 21.9 Å². The minimum absolute atomic E-state index is 0.0178. The number of rotatable bonds is 8. The molecule has 128 valence electrons. The molecule has 0 fully saturated rings. The Balaban J connectivity index is 2.55. The average molecular weight is 364 g/mol. The Bertz CT molecular complexity index is 678. The Hall–Kier alpha value is -1.71. The zero-order chi connectivity index (χ0) is 17.5. The molecule has 0 aromatic carbocycles. The van der Waals surface area contributed by atoms with Crippen LogP contribution in [0, 0.1) is 0 Å². The molecule has 1 amide bonds. The number of carbonyl (C=O) groups is 2. The number of carbonyl (C=O) groups excluding carboxylic acids is 2. The van der Waals surface area contributed by atoms with Gasteiger partial charge < -0.3 is 10.1 Å². The summed E-state index contributed by atoms with van der Waals surface area (Å²) in [6.07, 6.45) is 2.68. The van der Waals surface area contributed by atoms with Gasteiger partial charge in [-0.3, -0.25) is 4.79 Å². The first kappa shape index (κ1) is 19.3. The van der Waals surface area contributed by atoms with Gasteiger partial charge in [0.15, 0.2) is 0 Å². The van der Waals surface area contributed by atoms with Crippen LogP contribution in [0.4, 0.5) is 0 Å². The highest BCUT2D eigenvalue weighted by molar-refractivity contribution is 7.88. The molecule has 0 atom stereocenters. The highest BCUT2D eigenvalue weighted by atomic mass is 35.5. The van der Waals surface area contributed by atoms with Gasteiger partial charge in [0.2, 0.25) is 10.0 Å². The molecule has 23 heavy (non-hydrogen) atoms. The summed E-state index contributed by atoms with van der Waals surface area (Å²) < 4.78 is 28.8. The van der Waals surface area contributed by atoms with Gasteiger partial charge in [0, 0.05) is 19.3 Å². The van der Waals surface area contributed by atoms with Crippen LogP contribution in [0.5, 0.6) is 0 Å². The zero-order valence-electron chi connectivity index (χ0n) is 12.8. The molecule has 0 spiro atoms. The molecule has 1 heterocycles. The number of pyridine rings is 1. The third kappa shape index (κ3) is 6.93. The first-order chi connectivity index (χ1) is 10.7. The van der Waals surface area contributed by atoms with Crippen LogP contribution in [-0.4, -0.2) is 51.2 Å². The number of hydrogen-bond acceptors (Lipinski definition) is 6. The number of hydrogen-bond donors (Lipinski definition) is 2. The number of halogens is 1. The maximum atomic E-state index is 11.9. The molecular formula is C13H18ClN3O5S. The van der Waals surface area contributed by atoms with E-state index in [0.717, 1.165) is 6.26 Å². The average Bonchev–Trinajstić information content (AvgIpc) is 2.45. The van der Waals surface area contributed by atoms with Crippen molar-refractivity contribution in [3.63, 3.8) is 0 Å². The molecule has 0 aliphatic heterocycles. The van der Waals surface area contributed by atoms with Gasteiger partial charge in [-0.05, 0) is 19.4 Å². The predicted molar refractivity (Wildman–Crippen MR) is 85.0 cm³/mol. The van der Waals surface area contributed by atoms with E-state index in [4.69, 9.17) is 16.3 Å². The lowest BCUT2D eigenvalue weighted by atomic mass is 10.2. The molecule has 1 aromatic heterocycles. The fraction of sp³-hybridized carbons (Fsp3) is 0.462. The fourth-order valence-corrected chi connectivity index (χ4v) is 2.33. The van der Waals surface area contributed by atoms with Crippen molar-refractivity contribution in [2.75, 3.05) is 26.0 Å². The standard InChI is InChI=1S/C13H18ClN3O5S/c1-3-22-13(19)9-7-10(14)11(16-8-9)12(18)15-5-4-6-17-23(2,20)21/h7-8,17H,3-6H2,1-2H3,(H,15,18). The topological polar surface area (TPSA) is 114 Å².